The number of hydrogen-bond acceptors (Lipinski definition) is 3. The molecule has 0 atom stereocenters. The van der Waals surface area contributed by atoms with Gasteiger partial charge in [0.05, 0.1) is 10.5 Å². The molecule has 2 heterocycles. The van der Waals surface area contributed by atoms with Crippen LogP contribution in [0.15, 0.2) is 48.0 Å². The van der Waals surface area contributed by atoms with Gasteiger partial charge in [0.25, 0.3) is 0 Å². The Labute approximate surface area is 221 Å². The van der Waals surface area contributed by atoms with Crippen LogP contribution in [0.1, 0.15) is 34.5 Å². The van der Waals surface area contributed by atoms with Crippen molar-refractivity contribution in [2.24, 2.45) is 0 Å². The molecule has 2 aromatic carbocycles. The maximum absolute atomic E-state index is 13.1. The van der Waals surface area contributed by atoms with E-state index >= 15 is 0 Å². The number of ether oxygens (including phenoxy) is 1. The van der Waals surface area contributed by atoms with Crippen LogP contribution in [0.4, 0.5) is 0 Å². The summed E-state index contributed by atoms with van der Waals surface area (Å²) in [7, 11) is -1.33. The van der Waals surface area contributed by atoms with Gasteiger partial charge in [0.1, 0.15) is 12.4 Å². The number of nitrogens with one attached hydrogen (secondary N) is 1. The highest BCUT2D eigenvalue weighted by Gasteiger charge is 2.31. The minimum absolute atomic E-state index is 0.0203. The summed E-state index contributed by atoms with van der Waals surface area (Å²) in [5.41, 5.74) is 2.84. The van der Waals surface area contributed by atoms with Gasteiger partial charge in [0.2, 0.25) is 5.91 Å². The lowest BCUT2D eigenvalue weighted by atomic mass is 9.87. The van der Waals surface area contributed by atoms with Crippen molar-refractivity contribution in [1.29, 1.82) is 0 Å². The van der Waals surface area contributed by atoms with Crippen LogP contribution in [0.5, 0.6) is 0 Å². The van der Waals surface area contributed by atoms with Crippen LogP contribution in [0.2, 0.25) is 35.7 Å². The number of fused-ring (bicyclic) bond motifs is 1. The Bertz CT molecular complexity index is 1340. The maximum atomic E-state index is 13.1. The number of carboxylic acids is 1. The molecule has 9 heteroatoms. The highest BCUT2D eigenvalue weighted by atomic mass is 35.5. The predicted molar refractivity (Wildman–Crippen MR) is 148 cm³/mol. The summed E-state index contributed by atoms with van der Waals surface area (Å²) in [6.45, 7) is 7.91. The highest BCUT2D eigenvalue weighted by molar-refractivity contribution is 6.76. The first kappa shape index (κ1) is 26.5. The molecular formula is C27H30Cl2N2O4Si. The summed E-state index contributed by atoms with van der Waals surface area (Å²) in [5, 5.41) is 14.6. The first-order valence-corrected chi connectivity index (χ1v) is 16.4. The van der Waals surface area contributed by atoms with Crippen LogP contribution >= 0.6 is 23.2 Å². The van der Waals surface area contributed by atoms with E-state index in [-0.39, 0.29) is 18.3 Å². The van der Waals surface area contributed by atoms with E-state index in [1.165, 1.54) is 0 Å². The molecule has 1 saturated heterocycles. The van der Waals surface area contributed by atoms with Gasteiger partial charge in [-0.1, -0.05) is 73.2 Å². The molecule has 1 amide bonds. The van der Waals surface area contributed by atoms with Crippen molar-refractivity contribution < 1.29 is 19.4 Å². The second-order valence-electron chi connectivity index (χ2n) is 10.2. The van der Waals surface area contributed by atoms with Crippen molar-refractivity contribution in [3.05, 3.63) is 74.9 Å². The number of nitrogens with zero attached hydrogens (tertiary/aromatic N) is 1. The molecule has 1 fully saturated rings. The molecule has 0 aliphatic carbocycles. The molecule has 0 radical (unpaired) electrons. The maximum Gasteiger partial charge on any atom is 0.353 e. The van der Waals surface area contributed by atoms with Gasteiger partial charge in [0.15, 0.2) is 0 Å². The smallest absolute Gasteiger partial charge is 0.353 e. The first-order valence-electron chi connectivity index (χ1n) is 12.0. The van der Waals surface area contributed by atoms with Crippen molar-refractivity contribution >= 4 is 59.6 Å². The molecule has 0 spiro atoms. The Hall–Kier alpha value is -2.58. The van der Waals surface area contributed by atoms with Gasteiger partial charge in [-0.2, -0.15) is 0 Å². The summed E-state index contributed by atoms with van der Waals surface area (Å²) < 4.78 is 7.60. The number of halogens is 2. The number of aromatic carboxylic acids is 1. The van der Waals surface area contributed by atoms with Gasteiger partial charge >= 0.3 is 5.97 Å². The van der Waals surface area contributed by atoms with Gasteiger partial charge in [-0.3, -0.25) is 4.79 Å². The second-order valence-corrected chi connectivity index (χ2v) is 16.6. The van der Waals surface area contributed by atoms with Crippen molar-refractivity contribution in [2.45, 2.75) is 45.3 Å². The lowest BCUT2D eigenvalue weighted by Gasteiger charge is -2.21. The molecule has 0 saturated carbocycles. The fourth-order valence-electron chi connectivity index (χ4n) is 4.53. The molecule has 4 rings (SSSR count). The minimum Gasteiger partial charge on any atom is -0.477 e. The molecule has 3 aromatic rings. The average molecular weight is 546 g/mol. The summed E-state index contributed by atoms with van der Waals surface area (Å²) in [5.74, 6) is -1.33. The number of carbonyl (C=O) groups excluding carboxylic acids is 1. The third kappa shape index (κ3) is 5.54. The number of amides is 1. The Morgan fingerprint density at radius 1 is 1.17 bits per heavy atom. The Kier molecular flexibility index (Phi) is 7.95. The van der Waals surface area contributed by atoms with Gasteiger partial charge in [-0.15, -0.1) is 0 Å². The van der Waals surface area contributed by atoms with Gasteiger partial charge < -0.3 is 19.7 Å². The highest BCUT2D eigenvalue weighted by Crippen LogP contribution is 2.42. The third-order valence-corrected chi connectivity index (χ3v) is 8.50. The molecule has 1 aliphatic heterocycles. The standard InChI is InChI=1S/C27H30Cl2N2O4Si/c1-36(2,3)13-12-35-16-31-21-15-18(28)14-20(29)23(21)24(25(31)27(33)34)22(17-8-5-4-6-9-17)19-10-7-11-30-26(19)32/h4-6,8-9,14-15H,7,10-13,16H2,1-3H3,(H,30,32)(H,33,34). The van der Waals surface area contributed by atoms with Gasteiger partial charge in [-0.05, 0) is 36.6 Å². The molecule has 2 N–H and O–H groups in total. The Morgan fingerprint density at radius 2 is 1.89 bits per heavy atom. The molecule has 0 unspecified atom stereocenters. The number of aromatic nitrogens is 1. The van der Waals surface area contributed by atoms with E-state index in [1.54, 1.807) is 16.7 Å². The average Bonchev–Trinajstić information content (AvgIpc) is 3.12. The van der Waals surface area contributed by atoms with E-state index in [0.29, 0.717) is 57.2 Å². The molecule has 1 aliphatic rings. The molecule has 1 aromatic heterocycles. The predicted octanol–water partition coefficient (Wildman–Crippen LogP) is 6.67. The van der Waals surface area contributed by atoms with Crippen LogP contribution < -0.4 is 5.32 Å². The molecule has 36 heavy (non-hydrogen) atoms. The summed E-state index contributed by atoms with van der Waals surface area (Å²) in [6.07, 6.45) is 1.29. The largest absolute Gasteiger partial charge is 0.477 e. The van der Waals surface area contributed by atoms with Crippen molar-refractivity contribution in [1.82, 2.24) is 9.88 Å². The van der Waals surface area contributed by atoms with E-state index in [4.69, 9.17) is 27.9 Å². The quantitative estimate of drug-likeness (QED) is 0.188. The monoisotopic (exact) mass is 544 g/mol. The number of piperidine rings is 1. The Morgan fingerprint density at radius 3 is 2.53 bits per heavy atom. The minimum atomic E-state index is -1.33. The third-order valence-electron chi connectivity index (χ3n) is 6.28. The zero-order chi connectivity index (χ0) is 26.0. The second kappa shape index (κ2) is 10.8. The molecular weight excluding hydrogens is 515 g/mol. The van der Waals surface area contributed by atoms with Gasteiger partial charge in [-0.25, -0.2) is 4.79 Å². The molecule has 6 nitrogen and oxygen atoms in total. The molecule has 190 valence electrons. The van der Waals surface area contributed by atoms with Crippen LogP contribution in [0.25, 0.3) is 16.5 Å². The van der Waals surface area contributed by atoms with Crippen LogP contribution in [0, 0.1) is 0 Å². The van der Waals surface area contributed by atoms with Crippen LogP contribution in [-0.2, 0) is 16.3 Å². The lowest BCUT2D eigenvalue weighted by molar-refractivity contribution is -0.118. The number of carboxylic acid groups (broad SMARTS) is 1. The number of benzene rings is 2. The zero-order valence-electron chi connectivity index (χ0n) is 20.7. The van der Waals surface area contributed by atoms with E-state index in [0.717, 1.165) is 18.0 Å². The van der Waals surface area contributed by atoms with E-state index in [2.05, 4.69) is 25.0 Å². The SMILES string of the molecule is C[Si](C)(C)CCOCn1c(C(=O)O)c(C(=C2CCCNC2=O)c2ccccc2)c2c(Cl)cc(Cl)cc21. The normalized spacial score (nSPS) is 15.8. The van der Waals surface area contributed by atoms with E-state index in [9.17, 15) is 14.7 Å². The van der Waals surface area contributed by atoms with Crippen LogP contribution in [-0.4, -0.2) is 42.8 Å². The zero-order valence-corrected chi connectivity index (χ0v) is 23.2. The van der Waals surface area contributed by atoms with Crippen molar-refractivity contribution in [3.8, 4) is 0 Å². The lowest BCUT2D eigenvalue weighted by Crippen LogP contribution is -2.31. The van der Waals surface area contributed by atoms with E-state index in [1.807, 2.05) is 30.3 Å². The first-order chi connectivity index (χ1) is 17.1. The van der Waals surface area contributed by atoms with Crippen LogP contribution in [0.3, 0.4) is 0 Å². The number of hydrogen-bond donors (Lipinski definition) is 2. The van der Waals surface area contributed by atoms with E-state index < -0.39 is 14.0 Å². The molecule has 0 bridgehead atoms. The summed E-state index contributed by atoms with van der Waals surface area (Å²) in [6, 6.07) is 13.6. The number of carbonyl (C=O) groups is 2. The Balaban J connectivity index is 2.01. The van der Waals surface area contributed by atoms with Gasteiger partial charge in [0, 0.05) is 48.3 Å². The summed E-state index contributed by atoms with van der Waals surface area (Å²) in [4.78, 5) is 25.9. The topological polar surface area (TPSA) is 80.6 Å². The number of rotatable bonds is 8. The van der Waals surface area contributed by atoms with Crippen molar-refractivity contribution in [2.75, 3.05) is 13.2 Å². The summed E-state index contributed by atoms with van der Waals surface area (Å²) >= 11 is 13.1. The fraction of sp³-hybridized carbons (Fsp3) is 0.333. The van der Waals surface area contributed by atoms with Crippen molar-refractivity contribution in [3.63, 3.8) is 0 Å². The fourth-order valence-corrected chi connectivity index (χ4v) is 5.86.